The van der Waals surface area contributed by atoms with Gasteiger partial charge in [0, 0.05) is 17.9 Å². The van der Waals surface area contributed by atoms with Crippen molar-refractivity contribution in [2.24, 2.45) is 0 Å². The summed E-state index contributed by atoms with van der Waals surface area (Å²) in [6.45, 7) is 1.98. The third-order valence-corrected chi connectivity index (χ3v) is 7.99. The minimum absolute atomic E-state index is 0. The van der Waals surface area contributed by atoms with Gasteiger partial charge in [0.05, 0.1) is 5.56 Å². The normalized spacial score (nSPS) is 12.0. The van der Waals surface area contributed by atoms with Crippen LogP contribution in [0.1, 0.15) is 11.1 Å². The number of sulfone groups is 1. The van der Waals surface area contributed by atoms with Crippen LogP contribution in [0.2, 0.25) is 0 Å². The van der Waals surface area contributed by atoms with Gasteiger partial charge in [-0.1, -0.05) is 23.6 Å². The number of alkyl halides is 3. The van der Waals surface area contributed by atoms with Crippen molar-refractivity contribution in [3.63, 3.8) is 0 Å². The molecule has 0 amide bonds. The molecule has 0 saturated heterocycles. The van der Waals surface area contributed by atoms with Crippen LogP contribution in [-0.2, 0) is 37.1 Å². The standard InChI is InChI=1S/C30H18F3N3O2S.Pt/c1-19-11-13-34-28(15-19)36-26-8-3-2-7-24(26)25-10-9-21(17-27(25)36)20-5-4-6-23(16-20)39(37,38)29-18-22(12-14-35-29)30(31,32)33;/h2-15,18H,1H3;/q-2;+2. The van der Waals surface area contributed by atoms with Crippen LogP contribution in [0.15, 0.2) is 101 Å². The molecule has 5 nitrogen and oxygen atoms in total. The van der Waals surface area contributed by atoms with E-state index in [1.807, 2.05) is 60.0 Å². The molecule has 0 saturated carbocycles. The van der Waals surface area contributed by atoms with Gasteiger partial charge in [-0.25, -0.2) is 29.5 Å². The maximum absolute atomic E-state index is 13.2. The molecule has 0 aliphatic heterocycles. The number of benzene rings is 3. The van der Waals surface area contributed by atoms with E-state index in [0.717, 1.165) is 39.6 Å². The molecule has 0 bridgehead atoms. The van der Waals surface area contributed by atoms with Gasteiger partial charge < -0.3 is 4.57 Å². The van der Waals surface area contributed by atoms with Crippen LogP contribution in [0.25, 0.3) is 38.8 Å². The van der Waals surface area contributed by atoms with E-state index < -0.39 is 26.6 Å². The third-order valence-electron chi connectivity index (χ3n) is 6.40. The van der Waals surface area contributed by atoms with E-state index in [1.54, 1.807) is 12.3 Å². The van der Waals surface area contributed by atoms with Crippen LogP contribution in [0.3, 0.4) is 0 Å². The van der Waals surface area contributed by atoms with E-state index in [2.05, 4.69) is 22.1 Å². The van der Waals surface area contributed by atoms with E-state index in [4.69, 9.17) is 0 Å². The zero-order valence-electron chi connectivity index (χ0n) is 20.7. The SMILES string of the molecule is Cc1ccnc(-n2c3[c-]c(-c4[c-]c(S(=O)(=O)c5cc(C(F)(F)F)ccn5)ccc4)ccc3c3ccccc32)c1.[Pt+2]. The van der Waals surface area contributed by atoms with E-state index in [0.29, 0.717) is 23.0 Å². The van der Waals surface area contributed by atoms with Crippen molar-refractivity contribution in [1.29, 1.82) is 0 Å². The number of nitrogens with zero attached hydrogens (tertiary/aromatic N) is 3. The number of hydrogen-bond donors (Lipinski definition) is 0. The molecular formula is C30H18F3N3O2PtS. The molecule has 3 heterocycles. The quantitative estimate of drug-likeness (QED) is 0.183. The van der Waals surface area contributed by atoms with Crippen molar-refractivity contribution in [3.8, 4) is 16.9 Å². The minimum atomic E-state index is -4.70. The fourth-order valence-electron chi connectivity index (χ4n) is 4.54. The summed E-state index contributed by atoms with van der Waals surface area (Å²) in [6.07, 6.45) is -2.13. The van der Waals surface area contributed by atoms with Gasteiger partial charge in [-0.05, 0) is 58.6 Å². The maximum atomic E-state index is 13.2. The van der Waals surface area contributed by atoms with E-state index in [1.165, 1.54) is 12.1 Å². The van der Waals surface area contributed by atoms with Gasteiger partial charge in [0.25, 0.3) is 0 Å². The predicted octanol–water partition coefficient (Wildman–Crippen LogP) is 7.00. The molecular weight excluding hydrogens is 718 g/mol. The summed E-state index contributed by atoms with van der Waals surface area (Å²) in [7, 11) is -4.37. The Balaban J connectivity index is 0.00000323. The van der Waals surface area contributed by atoms with Crippen molar-refractivity contribution < 1.29 is 42.7 Å². The molecule has 202 valence electrons. The van der Waals surface area contributed by atoms with Gasteiger partial charge in [-0.3, -0.25) is 0 Å². The smallest absolute Gasteiger partial charge is 0.314 e. The largest absolute Gasteiger partial charge is 2.00 e. The van der Waals surface area contributed by atoms with Crippen LogP contribution in [0.4, 0.5) is 13.2 Å². The van der Waals surface area contributed by atoms with E-state index in [-0.39, 0.29) is 26.0 Å². The topological polar surface area (TPSA) is 64.8 Å². The molecule has 6 aromatic rings. The molecule has 0 aliphatic rings. The number of fused-ring (bicyclic) bond motifs is 3. The summed E-state index contributed by atoms with van der Waals surface area (Å²) in [6, 6.07) is 27.5. The average molecular weight is 737 g/mol. The van der Waals surface area contributed by atoms with Crippen molar-refractivity contribution in [1.82, 2.24) is 14.5 Å². The molecule has 0 fully saturated rings. The number of halogens is 3. The summed E-state index contributed by atoms with van der Waals surface area (Å²) < 4.78 is 68.0. The first kappa shape index (κ1) is 27.7. The number of aromatic nitrogens is 3. The molecule has 0 N–H and O–H groups in total. The Kier molecular flexibility index (Phi) is 7.14. The molecule has 0 unspecified atom stereocenters. The van der Waals surface area contributed by atoms with Crippen LogP contribution in [-0.4, -0.2) is 23.0 Å². The van der Waals surface area contributed by atoms with E-state index in [9.17, 15) is 21.6 Å². The Morgan fingerprint density at radius 1 is 0.800 bits per heavy atom. The summed E-state index contributed by atoms with van der Waals surface area (Å²) in [5.41, 5.74) is 2.61. The van der Waals surface area contributed by atoms with Crippen molar-refractivity contribution in [2.45, 2.75) is 23.0 Å². The Morgan fingerprint density at radius 3 is 2.33 bits per heavy atom. The maximum Gasteiger partial charge on any atom is 2.00 e. The fourth-order valence-corrected chi connectivity index (χ4v) is 5.75. The molecule has 10 heteroatoms. The Morgan fingerprint density at radius 2 is 1.55 bits per heavy atom. The Hall–Kier alpha value is -3.81. The molecule has 6 rings (SSSR count). The monoisotopic (exact) mass is 736 g/mol. The van der Waals surface area contributed by atoms with Crippen molar-refractivity contribution in [2.75, 3.05) is 0 Å². The van der Waals surface area contributed by atoms with Crippen LogP contribution < -0.4 is 0 Å². The minimum Gasteiger partial charge on any atom is -0.314 e. The zero-order chi connectivity index (χ0) is 27.4. The number of hydrogen-bond acceptors (Lipinski definition) is 4. The summed E-state index contributed by atoms with van der Waals surface area (Å²) in [5.74, 6) is 0.713. The van der Waals surface area contributed by atoms with Crippen molar-refractivity contribution in [3.05, 3.63) is 115 Å². The van der Waals surface area contributed by atoms with Gasteiger partial charge in [-0.2, -0.15) is 43.5 Å². The van der Waals surface area contributed by atoms with Crippen LogP contribution in [0.5, 0.6) is 0 Å². The Bertz CT molecular complexity index is 2000. The second kappa shape index (κ2) is 10.3. The number of pyridine rings is 2. The third kappa shape index (κ3) is 4.84. The molecule has 40 heavy (non-hydrogen) atoms. The van der Waals surface area contributed by atoms with Gasteiger partial charge in [-0.15, -0.1) is 12.1 Å². The number of rotatable bonds is 4. The second-order valence-electron chi connectivity index (χ2n) is 8.99. The first-order chi connectivity index (χ1) is 18.6. The van der Waals surface area contributed by atoms with Gasteiger partial charge in [0.15, 0.2) is 5.03 Å². The fraction of sp³-hybridized carbons (Fsp3) is 0.0667. The molecule has 0 atom stereocenters. The molecule has 3 aromatic carbocycles. The summed E-state index contributed by atoms with van der Waals surface area (Å²) in [4.78, 5) is 7.96. The van der Waals surface area contributed by atoms with Crippen LogP contribution in [0, 0.1) is 19.1 Å². The first-order valence-corrected chi connectivity index (χ1v) is 13.3. The molecule has 0 aliphatic carbocycles. The second-order valence-corrected chi connectivity index (χ2v) is 10.9. The summed E-state index contributed by atoms with van der Waals surface area (Å²) in [5, 5.41) is 1.25. The van der Waals surface area contributed by atoms with Crippen molar-refractivity contribution >= 4 is 31.6 Å². The molecule has 3 aromatic heterocycles. The number of para-hydroxylation sites is 1. The number of aryl methyl sites for hydroxylation is 1. The zero-order valence-corrected chi connectivity index (χ0v) is 23.8. The average Bonchev–Trinajstić information content (AvgIpc) is 3.26. The predicted molar refractivity (Wildman–Crippen MR) is 141 cm³/mol. The Labute approximate surface area is 242 Å². The first-order valence-electron chi connectivity index (χ1n) is 11.8. The molecule has 0 spiro atoms. The van der Waals surface area contributed by atoms with Gasteiger partial charge in [0.2, 0.25) is 9.84 Å². The van der Waals surface area contributed by atoms with E-state index >= 15 is 0 Å². The van der Waals surface area contributed by atoms with Crippen LogP contribution >= 0.6 is 0 Å². The summed E-state index contributed by atoms with van der Waals surface area (Å²) >= 11 is 0. The van der Waals surface area contributed by atoms with Gasteiger partial charge in [0.1, 0.15) is 5.82 Å². The molecule has 0 radical (unpaired) electrons. The van der Waals surface area contributed by atoms with Gasteiger partial charge >= 0.3 is 27.2 Å².